The van der Waals surface area contributed by atoms with Crippen molar-refractivity contribution in [3.8, 4) is 11.8 Å². The highest BCUT2D eigenvalue weighted by Gasteiger charge is 2.41. The standard InChI is InChI=1S/C23H25FN2O3/c1-2-3-12-29-21-9-8-20(15-17(21)16-25)26-22(27)23(10-13-28-14-11-23)18-4-6-19(24)7-5-18/h4-9,15H,2-3,10-14H2,1H3,(H,26,27). The smallest absolute Gasteiger partial charge is 0.235 e. The highest BCUT2D eigenvalue weighted by molar-refractivity contribution is 5.99. The van der Waals surface area contributed by atoms with E-state index in [2.05, 4.69) is 18.3 Å². The first kappa shape index (κ1) is 20.8. The van der Waals surface area contributed by atoms with Gasteiger partial charge in [0.2, 0.25) is 5.91 Å². The van der Waals surface area contributed by atoms with Crippen molar-refractivity contribution in [2.75, 3.05) is 25.1 Å². The topological polar surface area (TPSA) is 71.3 Å². The highest BCUT2D eigenvalue weighted by Crippen LogP contribution is 2.36. The number of benzene rings is 2. The normalized spacial score (nSPS) is 15.3. The van der Waals surface area contributed by atoms with Crippen LogP contribution in [0.2, 0.25) is 0 Å². The molecule has 2 aromatic carbocycles. The van der Waals surface area contributed by atoms with Gasteiger partial charge in [-0.2, -0.15) is 5.26 Å². The van der Waals surface area contributed by atoms with Crippen molar-refractivity contribution in [1.29, 1.82) is 5.26 Å². The van der Waals surface area contributed by atoms with E-state index in [0.717, 1.165) is 18.4 Å². The average molecular weight is 396 g/mol. The fraction of sp³-hybridized carbons (Fsp3) is 0.391. The molecule has 0 bridgehead atoms. The summed E-state index contributed by atoms with van der Waals surface area (Å²) in [7, 11) is 0. The van der Waals surface area contributed by atoms with Crippen LogP contribution >= 0.6 is 0 Å². The van der Waals surface area contributed by atoms with Gasteiger partial charge in [-0.05, 0) is 55.2 Å². The van der Waals surface area contributed by atoms with E-state index in [0.29, 0.717) is 49.7 Å². The quantitative estimate of drug-likeness (QED) is 0.696. The van der Waals surface area contributed by atoms with Crippen LogP contribution in [0.3, 0.4) is 0 Å². The van der Waals surface area contributed by atoms with Crippen molar-refractivity contribution in [3.63, 3.8) is 0 Å². The molecule has 0 aromatic heterocycles. The van der Waals surface area contributed by atoms with Crippen molar-refractivity contribution in [2.24, 2.45) is 0 Å². The molecule has 5 nitrogen and oxygen atoms in total. The van der Waals surface area contributed by atoms with E-state index in [1.807, 2.05) is 0 Å². The number of halogens is 1. The summed E-state index contributed by atoms with van der Waals surface area (Å²) in [6.07, 6.45) is 2.93. The van der Waals surface area contributed by atoms with Gasteiger partial charge in [0.25, 0.3) is 0 Å². The van der Waals surface area contributed by atoms with Gasteiger partial charge in [-0.25, -0.2) is 4.39 Å². The Bertz CT molecular complexity index is 884. The van der Waals surface area contributed by atoms with Gasteiger partial charge >= 0.3 is 0 Å². The molecule has 1 saturated heterocycles. The molecule has 0 spiro atoms. The molecule has 152 valence electrons. The van der Waals surface area contributed by atoms with Gasteiger partial charge in [-0.1, -0.05) is 25.5 Å². The first-order valence-electron chi connectivity index (χ1n) is 9.91. The Kier molecular flexibility index (Phi) is 6.84. The summed E-state index contributed by atoms with van der Waals surface area (Å²) in [5.41, 5.74) is 0.874. The molecular formula is C23H25FN2O3. The van der Waals surface area contributed by atoms with Crippen molar-refractivity contribution in [3.05, 3.63) is 59.4 Å². The van der Waals surface area contributed by atoms with E-state index in [9.17, 15) is 14.4 Å². The molecule has 0 atom stereocenters. The molecule has 3 rings (SSSR count). The van der Waals surface area contributed by atoms with Gasteiger partial charge in [0.15, 0.2) is 0 Å². The lowest BCUT2D eigenvalue weighted by atomic mass is 9.73. The minimum absolute atomic E-state index is 0.184. The van der Waals surface area contributed by atoms with E-state index in [1.165, 1.54) is 12.1 Å². The minimum atomic E-state index is -0.797. The first-order chi connectivity index (χ1) is 14.1. The molecule has 1 heterocycles. The number of hydrogen-bond donors (Lipinski definition) is 1. The van der Waals surface area contributed by atoms with Crippen LogP contribution in [0.5, 0.6) is 5.75 Å². The largest absolute Gasteiger partial charge is 0.492 e. The second-order valence-corrected chi connectivity index (χ2v) is 7.18. The highest BCUT2D eigenvalue weighted by atomic mass is 19.1. The molecular weight excluding hydrogens is 371 g/mol. The summed E-state index contributed by atoms with van der Waals surface area (Å²) in [5.74, 6) is -0.0112. The van der Waals surface area contributed by atoms with Crippen LogP contribution < -0.4 is 10.1 Å². The third kappa shape index (κ3) is 4.75. The number of nitrogens with one attached hydrogen (secondary N) is 1. The van der Waals surface area contributed by atoms with Crippen LogP contribution in [0, 0.1) is 17.1 Å². The number of ether oxygens (including phenoxy) is 2. The summed E-state index contributed by atoms with van der Waals surface area (Å²) in [6, 6.07) is 13.2. The van der Waals surface area contributed by atoms with Gasteiger partial charge in [0.05, 0.1) is 17.6 Å². The van der Waals surface area contributed by atoms with E-state index in [-0.39, 0.29) is 11.7 Å². The summed E-state index contributed by atoms with van der Waals surface area (Å²) in [4.78, 5) is 13.3. The van der Waals surface area contributed by atoms with E-state index >= 15 is 0 Å². The lowest BCUT2D eigenvalue weighted by Gasteiger charge is -2.36. The van der Waals surface area contributed by atoms with Crippen molar-refractivity contribution in [1.82, 2.24) is 0 Å². The molecule has 0 saturated carbocycles. The SMILES string of the molecule is CCCCOc1ccc(NC(=O)C2(c3ccc(F)cc3)CCOCC2)cc1C#N. The second-order valence-electron chi connectivity index (χ2n) is 7.18. The molecule has 1 aliphatic heterocycles. The molecule has 1 aliphatic rings. The molecule has 2 aromatic rings. The van der Waals surface area contributed by atoms with Crippen molar-refractivity contribution in [2.45, 2.75) is 38.0 Å². The summed E-state index contributed by atoms with van der Waals surface area (Å²) >= 11 is 0. The fourth-order valence-electron chi connectivity index (χ4n) is 3.53. The number of carbonyl (C=O) groups is 1. The Morgan fingerprint density at radius 3 is 2.62 bits per heavy atom. The third-order valence-electron chi connectivity index (χ3n) is 5.29. The molecule has 1 amide bonds. The summed E-state index contributed by atoms with van der Waals surface area (Å²) in [6.45, 7) is 3.53. The van der Waals surface area contributed by atoms with Gasteiger partial charge < -0.3 is 14.8 Å². The van der Waals surface area contributed by atoms with Crippen LogP contribution in [0.25, 0.3) is 0 Å². The fourth-order valence-corrected chi connectivity index (χ4v) is 3.53. The Hall–Kier alpha value is -2.91. The van der Waals surface area contributed by atoms with Gasteiger partial charge in [-0.3, -0.25) is 4.79 Å². The monoisotopic (exact) mass is 396 g/mol. The first-order valence-corrected chi connectivity index (χ1v) is 9.91. The lowest BCUT2D eigenvalue weighted by molar-refractivity contribution is -0.125. The Labute approximate surface area is 170 Å². The minimum Gasteiger partial charge on any atom is -0.492 e. The maximum atomic E-state index is 13.4. The zero-order chi connectivity index (χ0) is 20.7. The van der Waals surface area contributed by atoms with Crippen LogP contribution in [-0.4, -0.2) is 25.7 Å². The van der Waals surface area contributed by atoms with Gasteiger partial charge in [-0.15, -0.1) is 0 Å². The third-order valence-corrected chi connectivity index (χ3v) is 5.29. The zero-order valence-electron chi connectivity index (χ0n) is 16.5. The van der Waals surface area contributed by atoms with Crippen molar-refractivity contribution >= 4 is 11.6 Å². The zero-order valence-corrected chi connectivity index (χ0v) is 16.5. The van der Waals surface area contributed by atoms with Gasteiger partial charge in [0.1, 0.15) is 17.6 Å². The summed E-state index contributed by atoms with van der Waals surface area (Å²) in [5, 5.41) is 12.4. The van der Waals surface area contributed by atoms with Crippen LogP contribution in [-0.2, 0) is 14.9 Å². The molecule has 29 heavy (non-hydrogen) atoms. The van der Waals surface area contributed by atoms with Crippen LogP contribution in [0.15, 0.2) is 42.5 Å². The number of carbonyl (C=O) groups excluding carboxylic acids is 1. The Morgan fingerprint density at radius 2 is 1.97 bits per heavy atom. The molecule has 1 N–H and O–H groups in total. The number of hydrogen-bond acceptors (Lipinski definition) is 4. The number of nitrogens with zero attached hydrogens (tertiary/aromatic N) is 1. The van der Waals surface area contributed by atoms with Crippen molar-refractivity contribution < 1.29 is 18.7 Å². The maximum Gasteiger partial charge on any atom is 0.235 e. The molecule has 0 unspecified atom stereocenters. The van der Waals surface area contributed by atoms with Crippen LogP contribution in [0.1, 0.15) is 43.7 Å². The van der Waals surface area contributed by atoms with E-state index in [4.69, 9.17) is 9.47 Å². The lowest BCUT2D eigenvalue weighted by Crippen LogP contribution is -2.44. The van der Waals surface area contributed by atoms with E-state index < -0.39 is 5.41 Å². The van der Waals surface area contributed by atoms with Crippen LogP contribution in [0.4, 0.5) is 10.1 Å². The average Bonchev–Trinajstić information content (AvgIpc) is 2.75. The number of unbranched alkanes of at least 4 members (excludes halogenated alkanes) is 1. The maximum absolute atomic E-state index is 13.4. The Balaban J connectivity index is 1.83. The molecule has 0 aliphatic carbocycles. The Morgan fingerprint density at radius 1 is 1.24 bits per heavy atom. The molecule has 0 radical (unpaired) electrons. The second kappa shape index (κ2) is 9.53. The molecule has 6 heteroatoms. The number of anilines is 1. The molecule has 1 fully saturated rings. The number of rotatable bonds is 7. The number of amides is 1. The predicted octanol–water partition coefficient (Wildman–Crippen LogP) is 4.56. The van der Waals surface area contributed by atoms with E-state index in [1.54, 1.807) is 30.3 Å². The number of nitriles is 1. The summed E-state index contributed by atoms with van der Waals surface area (Å²) < 4.78 is 24.5. The van der Waals surface area contributed by atoms with Gasteiger partial charge in [0, 0.05) is 18.9 Å². The predicted molar refractivity (Wildman–Crippen MR) is 108 cm³/mol.